The van der Waals surface area contributed by atoms with Crippen LogP contribution in [0, 0.1) is 11.8 Å². The van der Waals surface area contributed by atoms with Crippen molar-refractivity contribution in [2.75, 3.05) is 0 Å². The second-order valence-electron chi connectivity index (χ2n) is 5.95. The molecule has 2 heterocycles. The lowest BCUT2D eigenvalue weighted by atomic mass is 9.75. The molecule has 2 saturated heterocycles. The first-order chi connectivity index (χ1) is 8.53. The number of hydrogen-bond acceptors (Lipinski definition) is 3. The Morgan fingerprint density at radius 3 is 2.16 bits per heavy atom. The maximum atomic E-state index is 13.1. The molecule has 0 N–H and O–H groups in total. The molecule has 0 radical (unpaired) electrons. The number of alkyl halides is 3. The second-order valence-corrected chi connectivity index (χ2v) is 5.95. The summed E-state index contributed by atoms with van der Waals surface area (Å²) in [4.78, 5) is 0. The molecule has 0 amide bonds. The highest BCUT2D eigenvalue weighted by atomic mass is 19.4. The summed E-state index contributed by atoms with van der Waals surface area (Å²) >= 11 is 0. The van der Waals surface area contributed by atoms with Crippen molar-refractivity contribution in [1.29, 1.82) is 0 Å². The molecular weight excluding hydrogens is 261 g/mol. The lowest BCUT2D eigenvalue weighted by Crippen LogP contribution is -2.49. The average molecular weight is 282 g/mol. The van der Waals surface area contributed by atoms with E-state index in [2.05, 4.69) is 0 Å². The van der Waals surface area contributed by atoms with Crippen molar-refractivity contribution in [3.8, 4) is 0 Å². The van der Waals surface area contributed by atoms with Gasteiger partial charge in [0.2, 0.25) is 0 Å². The fourth-order valence-electron chi connectivity index (χ4n) is 3.27. The zero-order valence-corrected chi connectivity index (χ0v) is 11.9. The van der Waals surface area contributed by atoms with Gasteiger partial charge in [0.25, 0.3) is 0 Å². The zero-order chi connectivity index (χ0) is 14.6. The van der Waals surface area contributed by atoms with E-state index >= 15 is 0 Å². The van der Waals surface area contributed by atoms with Crippen molar-refractivity contribution in [2.24, 2.45) is 11.8 Å². The lowest BCUT2D eigenvalue weighted by molar-refractivity contribution is -0.280. The molecule has 2 fully saturated rings. The van der Waals surface area contributed by atoms with Crippen molar-refractivity contribution in [3.05, 3.63) is 0 Å². The molecule has 2 aliphatic rings. The van der Waals surface area contributed by atoms with E-state index in [1.165, 1.54) is 6.92 Å². The summed E-state index contributed by atoms with van der Waals surface area (Å²) in [5.41, 5.74) is -1.27. The molecule has 0 aromatic rings. The Balaban J connectivity index is 2.27. The van der Waals surface area contributed by atoms with Crippen molar-refractivity contribution in [1.82, 2.24) is 0 Å². The van der Waals surface area contributed by atoms with Crippen LogP contribution in [0.5, 0.6) is 0 Å². The molecular formula is C13H21F3O3. The summed E-state index contributed by atoms with van der Waals surface area (Å²) in [6, 6.07) is 0. The Kier molecular flexibility index (Phi) is 3.43. The van der Waals surface area contributed by atoms with Gasteiger partial charge >= 0.3 is 6.18 Å². The Hall–Kier alpha value is -0.330. The topological polar surface area (TPSA) is 27.7 Å². The van der Waals surface area contributed by atoms with Crippen LogP contribution in [-0.4, -0.2) is 30.0 Å². The molecule has 0 aromatic heterocycles. The van der Waals surface area contributed by atoms with Crippen LogP contribution in [0.3, 0.4) is 0 Å². The quantitative estimate of drug-likeness (QED) is 0.776. The van der Waals surface area contributed by atoms with Crippen molar-refractivity contribution < 1.29 is 27.4 Å². The van der Waals surface area contributed by atoms with Gasteiger partial charge in [-0.1, -0.05) is 20.8 Å². The van der Waals surface area contributed by atoms with Crippen LogP contribution >= 0.6 is 0 Å². The molecule has 3 nitrogen and oxygen atoms in total. The number of hydrogen-bond donors (Lipinski definition) is 0. The van der Waals surface area contributed by atoms with E-state index in [-0.39, 0.29) is 12.3 Å². The van der Waals surface area contributed by atoms with Gasteiger partial charge in [0.15, 0.2) is 12.1 Å². The number of halogens is 3. The molecule has 6 heteroatoms. The summed E-state index contributed by atoms with van der Waals surface area (Å²) in [5, 5.41) is 0. The van der Waals surface area contributed by atoms with Crippen molar-refractivity contribution in [3.63, 3.8) is 0 Å². The van der Waals surface area contributed by atoms with Gasteiger partial charge in [-0.25, -0.2) is 0 Å². The van der Waals surface area contributed by atoms with Gasteiger partial charge in [0.1, 0.15) is 6.10 Å². The molecule has 112 valence electrons. The van der Waals surface area contributed by atoms with E-state index in [1.54, 1.807) is 27.7 Å². The molecule has 5 atom stereocenters. The summed E-state index contributed by atoms with van der Waals surface area (Å²) < 4.78 is 56.2. The highest BCUT2D eigenvalue weighted by molar-refractivity contribution is 5.04. The molecule has 1 unspecified atom stereocenters. The molecule has 2 aliphatic heterocycles. The molecule has 2 rings (SSSR count). The van der Waals surface area contributed by atoms with Crippen LogP contribution in [0.2, 0.25) is 0 Å². The first-order valence-electron chi connectivity index (χ1n) is 6.63. The Morgan fingerprint density at radius 1 is 1.16 bits per heavy atom. The van der Waals surface area contributed by atoms with Gasteiger partial charge in [-0.15, -0.1) is 0 Å². The third-order valence-corrected chi connectivity index (χ3v) is 4.46. The van der Waals surface area contributed by atoms with E-state index in [1.807, 2.05) is 0 Å². The van der Waals surface area contributed by atoms with Crippen LogP contribution in [0.1, 0.15) is 41.0 Å². The summed E-state index contributed by atoms with van der Waals surface area (Å²) in [5.74, 6) is -2.73. The first-order valence-corrected chi connectivity index (χ1v) is 6.63. The van der Waals surface area contributed by atoms with Gasteiger partial charge < -0.3 is 14.2 Å². The number of fused-ring (bicyclic) bond motifs is 1. The third-order valence-electron chi connectivity index (χ3n) is 4.46. The van der Waals surface area contributed by atoms with E-state index in [0.717, 1.165) is 0 Å². The molecule has 0 aromatic carbocycles. The Morgan fingerprint density at radius 2 is 1.74 bits per heavy atom. The van der Waals surface area contributed by atoms with E-state index < -0.39 is 35.9 Å². The minimum Gasteiger partial charge on any atom is -0.342 e. The second kappa shape index (κ2) is 4.33. The highest BCUT2D eigenvalue weighted by Gasteiger charge is 2.65. The van der Waals surface area contributed by atoms with Gasteiger partial charge in [-0.3, -0.25) is 0 Å². The van der Waals surface area contributed by atoms with Crippen LogP contribution in [-0.2, 0) is 14.2 Å². The van der Waals surface area contributed by atoms with Crippen LogP contribution in [0.4, 0.5) is 13.2 Å². The summed E-state index contributed by atoms with van der Waals surface area (Å²) in [7, 11) is 0. The van der Waals surface area contributed by atoms with Crippen molar-refractivity contribution in [2.45, 2.75) is 71.0 Å². The SMILES string of the molecule is CC[C@@]1(C(C)C(F)(F)F)O[C@@H]2OC(C)(C)O[C@@H]2[C@@H]1C. The summed E-state index contributed by atoms with van der Waals surface area (Å²) in [6.07, 6.45) is -5.18. The van der Waals surface area contributed by atoms with Crippen LogP contribution in [0.15, 0.2) is 0 Å². The minimum absolute atomic E-state index is 0.273. The minimum atomic E-state index is -4.29. The number of ether oxygens (including phenoxy) is 3. The van der Waals surface area contributed by atoms with Crippen LogP contribution < -0.4 is 0 Å². The maximum Gasteiger partial charge on any atom is 0.394 e. The standard InChI is InChI=1S/C13H21F3O3/c1-6-12(8(3)13(14,15)16)7(2)9-10(19-12)18-11(4,5)17-9/h7-10H,6H2,1-5H3/t7-,8?,9+,10-,12+/m0/s1. The zero-order valence-electron chi connectivity index (χ0n) is 11.9. The molecule has 19 heavy (non-hydrogen) atoms. The van der Waals surface area contributed by atoms with E-state index in [0.29, 0.717) is 0 Å². The third kappa shape index (κ3) is 2.28. The smallest absolute Gasteiger partial charge is 0.342 e. The molecule has 0 saturated carbocycles. The summed E-state index contributed by atoms with van der Waals surface area (Å²) in [6.45, 7) is 8.11. The fourth-order valence-corrected chi connectivity index (χ4v) is 3.27. The van der Waals surface area contributed by atoms with Gasteiger partial charge in [0, 0.05) is 5.92 Å². The lowest BCUT2D eigenvalue weighted by Gasteiger charge is -2.40. The maximum absolute atomic E-state index is 13.1. The molecule has 0 aliphatic carbocycles. The van der Waals surface area contributed by atoms with Gasteiger partial charge in [-0.2, -0.15) is 13.2 Å². The van der Waals surface area contributed by atoms with Crippen LogP contribution in [0.25, 0.3) is 0 Å². The fraction of sp³-hybridized carbons (Fsp3) is 1.00. The van der Waals surface area contributed by atoms with Gasteiger partial charge in [0.05, 0.1) is 11.5 Å². The normalized spacial score (nSPS) is 43.3. The molecule has 0 spiro atoms. The predicted octanol–water partition coefficient (Wildman–Crippen LogP) is 3.48. The highest BCUT2D eigenvalue weighted by Crippen LogP contribution is 2.53. The largest absolute Gasteiger partial charge is 0.394 e. The Labute approximate surface area is 111 Å². The van der Waals surface area contributed by atoms with E-state index in [9.17, 15) is 13.2 Å². The molecule has 0 bridgehead atoms. The van der Waals surface area contributed by atoms with Gasteiger partial charge in [-0.05, 0) is 20.3 Å². The van der Waals surface area contributed by atoms with E-state index in [4.69, 9.17) is 14.2 Å². The predicted molar refractivity (Wildman–Crippen MR) is 62.3 cm³/mol. The average Bonchev–Trinajstić information content (AvgIpc) is 2.69. The Bertz CT molecular complexity index is 356. The number of rotatable bonds is 2. The first kappa shape index (κ1) is 15.1. The monoisotopic (exact) mass is 282 g/mol. The van der Waals surface area contributed by atoms with Crippen molar-refractivity contribution >= 4 is 0 Å².